The predicted octanol–water partition coefficient (Wildman–Crippen LogP) is 6.19. The van der Waals surface area contributed by atoms with Crippen molar-refractivity contribution in [3.63, 3.8) is 0 Å². The Bertz CT molecular complexity index is 1440. The number of methoxy groups -OCH3 is 1. The summed E-state index contributed by atoms with van der Waals surface area (Å²) in [5.41, 5.74) is 1.64. The van der Waals surface area contributed by atoms with Gasteiger partial charge in [-0.05, 0) is 83.6 Å². The van der Waals surface area contributed by atoms with Gasteiger partial charge in [-0.1, -0.05) is 19.3 Å². The molecule has 2 N–H and O–H groups in total. The third-order valence-corrected chi connectivity index (χ3v) is 7.98. The van der Waals surface area contributed by atoms with Crippen LogP contribution in [0.1, 0.15) is 84.8 Å². The number of aromatic nitrogens is 4. The number of esters is 1. The number of carbonyl (C=O) groups excluding carboxylic acids is 2. The molecule has 1 aromatic carbocycles. The van der Waals surface area contributed by atoms with Crippen LogP contribution in [-0.4, -0.2) is 81.5 Å². The summed E-state index contributed by atoms with van der Waals surface area (Å²) in [5.74, 6) is 1.37. The van der Waals surface area contributed by atoms with Gasteiger partial charge in [-0.25, -0.2) is 9.78 Å². The largest absolute Gasteiger partial charge is 0.494 e. The van der Waals surface area contributed by atoms with E-state index in [2.05, 4.69) is 10.6 Å². The molecule has 0 spiro atoms. The highest BCUT2D eigenvalue weighted by atomic mass is 16.6. The van der Waals surface area contributed by atoms with E-state index >= 15 is 0 Å². The van der Waals surface area contributed by atoms with Gasteiger partial charge in [-0.15, -0.1) is 0 Å². The van der Waals surface area contributed by atoms with Crippen molar-refractivity contribution in [1.82, 2.24) is 24.4 Å². The summed E-state index contributed by atoms with van der Waals surface area (Å²) in [4.78, 5) is 40.2. The second-order valence-corrected chi connectivity index (χ2v) is 12.8. The van der Waals surface area contributed by atoms with E-state index in [9.17, 15) is 9.59 Å². The Morgan fingerprint density at radius 1 is 1.04 bits per heavy atom. The summed E-state index contributed by atoms with van der Waals surface area (Å²) >= 11 is 0. The van der Waals surface area contributed by atoms with Gasteiger partial charge in [0.1, 0.15) is 24.1 Å². The Kier molecular flexibility index (Phi) is 11.2. The molecule has 1 aliphatic heterocycles. The summed E-state index contributed by atoms with van der Waals surface area (Å²) < 4.78 is 24.2. The monoisotopic (exact) mass is 637 g/mol. The highest BCUT2D eigenvalue weighted by Crippen LogP contribution is 2.31. The molecule has 1 aliphatic carbocycles. The molecule has 1 unspecified atom stereocenters. The molecule has 2 aliphatic rings. The van der Waals surface area contributed by atoms with E-state index in [0.717, 1.165) is 61.4 Å². The molecule has 13 nitrogen and oxygen atoms in total. The number of fused-ring (bicyclic) bond motifs is 1. The molecular weight excluding hydrogens is 590 g/mol. The van der Waals surface area contributed by atoms with E-state index in [0.29, 0.717) is 30.8 Å². The fourth-order valence-corrected chi connectivity index (χ4v) is 5.66. The third-order valence-electron chi connectivity index (χ3n) is 7.98. The number of hydrogen-bond donors (Lipinski definition) is 2. The van der Waals surface area contributed by atoms with Crippen molar-refractivity contribution in [3.8, 4) is 5.75 Å². The number of anilines is 3. The van der Waals surface area contributed by atoms with Crippen LogP contribution >= 0.6 is 0 Å². The summed E-state index contributed by atoms with van der Waals surface area (Å²) in [7, 11) is 1.29. The van der Waals surface area contributed by atoms with E-state index < -0.39 is 17.7 Å². The van der Waals surface area contributed by atoms with Gasteiger partial charge in [0.25, 0.3) is 0 Å². The lowest BCUT2D eigenvalue weighted by molar-refractivity contribution is -0.141. The molecule has 1 saturated heterocycles. The van der Waals surface area contributed by atoms with E-state index in [-0.39, 0.29) is 19.3 Å². The molecule has 2 aromatic heterocycles. The topological polar surface area (TPSA) is 142 Å². The Hall–Kier alpha value is -4.13. The van der Waals surface area contributed by atoms with Gasteiger partial charge in [-0.3, -0.25) is 14.3 Å². The predicted molar refractivity (Wildman–Crippen MR) is 174 cm³/mol. The van der Waals surface area contributed by atoms with Crippen molar-refractivity contribution in [2.24, 2.45) is 0 Å². The maximum Gasteiger partial charge on any atom is 0.410 e. The molecule has 3 aromatic rings. The number of imidazole rings is 1. The van der Waals surface area contributed by atoms with Gasteiger partial charge in [0.05, 0.1) is 20.0 Å². The number of amides is 1. The Labute approximate surface area is 270 Å². The first-order valence-corrected chi connectivity index (χ1v) is 16.4. The van der Waals surface area contributed by atoms with Crippen molar-refractivity contribution >= 4 is 40.7 Å². The zero-order chi connectivity index (χ0) is 32.5. The zero-order valence-electron chi connectivity index (χ0n) is 27.4. The second kappa shape index (κ2) is 15.4. The quantitative estimate of drug-likeness (QED) is 0.173. The first-order valence-electron chi connectivity index (χ1n) is 16.4. The van der Waals surface area contributed by atoms with E-state index in [1.165, 1.54) is 31.3 Å². The van der Waals surface area contributed by atoms with Gasteiger partial charge in [-0.2, -0.15) is 9.97 Å². The lowest BCUT2D eigenvalue weighted by Crippen LogP contribution is -2.41. The molecule has 0 bridgehead atoms. The highest BCUT2D eigenvalue weighted by Gasteiger charge is 2.25. The van der Waals surface area contributed by atoms with Crippen LogP contribution in [0.5, 0.6) is 5.75 Å². The molecule has 2 fully saturated rings. The normalized spacial score (nSPS) is 17.3. The molecule has 3 heterocycles. The van der Waals surface area contributed by atoms with E-state index in [1.54, 1.807) is 20.8 Å². The summed E-state index contributed by atoms with van der Waals surface area (Å²) in [5, 5.41) is 7.01. The van der Waals surface area contributed by atoms with Crippen LogP contribution in [0.3, 0.4) is 0 Å². The molecule has 46 heavy (non-hydrogen) atoms. The highest BCUT2D eigenvalue weighted by molar-refractivity contribution is 5.85. The maximum absolute atomic E-state index is 12.6. The summed E-state index contributed by atoms with van der Waals surface area (Å²) in [6, 6.07) is 7.90. The van der Waals surface area contributed by atoms with Crippen LogP contribution in [0, 0.1) is 0 Å². The smallest absolute Gasteiger partial charge is 0.410 e. The van der Waals surface area contributed by atoms with Gasteiger partial charge >= 0.3 is 12.1 Å². The van der Waals surface area contributed by atoms with Crippen LogP contribution in [0.25, 0.3) is 11.2 Å². The molecule has 0 radical (unpaired) electrons. The van der Waals surface area contributed by atoms with Gasteiger partial charge in [0.2, 0.25) is 5.95 Å². The summed E-state index contributed by atoms with van der Waals surface area (Å²) in [6.45, 7) is 6.51. The first kappa shape index (κ1) is 33.2. The Morgan fingerprint density at radius 2 is 1.80 bits per heavy atom. The fraction of sp³-hybridized carbons (Fsp3) is 0.606. The van der Waals surface area contributed by atoms with Crippen molar-refractivity contribution in [3.05, 3.63) is 30.6 Å². The number of carbonyl (C=O) groups is 2. The van der Waals surface area contributed by atoms with Gasteiger partial charge in [0, 0.05) is 24.9 Å². The Balaban J connectivity index is 1.22. The molecule has 1 atom stereocenters. The third kappa shape index (κ3) is 9.21. The van der Waals surface area contributed by atoms with Crippen molar-refractivity contribution < 1.29 is 28.5 Å². The van der Waals surface area contributed by atoms with Crippen molar-refractivity contribution in [1.29, 1.82) is 0 Å². The number of hydrogen-bond acceptors (Lipinski definition) is 11. The second-order valence-electron chi connectivity index (χ2n) is 12.8. The average Bonchev–Trinajstić information content (AvgIpc) is 3.47. The number of nitrogens with one attached hydrogen (secondary N) is 2. The minimum Gasteiger partial charge on any atom is -0.494 e. The fourth-order valence-electron chi connectivity index (χ4n) is 5.66. The maximum atomic E-state index is 12.6. The number of nitrogens with zero attached hydrogens (tertiary/aromatic N) is 5. The molecule has 1 amide bonds. The molecule has 5 rings (SSSR count). The number of benzene rings is 1. The first-order chi connectivity index (χ1) is 22.2. The van der Waals surface area contributed by atoms with Crippen molar-refractivity contribution in [2.75, 3.05) is 44.0 Å². The number of ether oxygens (including phenoxy) is 4. The lowest BCUT2D eigenvalue weighted by Gasteiger charge is -2.26. The molecule has 13 heteroatoms. The zero-order valence-corrected chi connectivity index (χ0v) is 27.4. The molecule has 1 saturated carbocycles. The van der Waals surface area contributed by atoms with Crippen LogP contribution in [0.4, 0.5) is 22.2 Å². The van der Waals surface area contributed by atoms with Crippen LogP contribution in [0.15, 0.2) is 30.6 Å². The van der Waals surface area contributed by atoms with Crippen LogP contribution in [0.2, 0.25) is 0 Å². The molecule has 250 valence electrons. The average molecular weight is 638 g/mol. The lowest BCUT2D eigenvalue weighted by atomic mass is 9.95. The minimum atomic E-state index is -0.674. The SMILES string of the molecule is COC(=O)CN(CCCOc1ccc(Nc2nc(NC3CCCCC3)c3ncn(C4CCCCO4)c3n2)cc1)C(=O)OC(C)(C)C. The number of rotatable bonds is 12. The van der Waals surface area contributed by atoms with Crippen molar-refractivity contribution in [2.45, 2.75) is 96.4 Å². The van der Waals surface area contributed by atoms with E-state index in [1.807, 2.05) is 35.2 Å². The summed E-state index contributed by atoms with van der Waals surface area (Å²) in [6.07, 6.45) is 10.7. The molecular formula is C33H47N7O6. The van der Waals surface area contributed by atoms with Crippen LogP contribution < -0.4 is 15.4 Å². The minimum absolute atomic E-state index is 0.0860. The van der Waals surface area contributed by atoms with E-state index in [4.69, 9.17) is 33.9 Å². The Morgan fingerprint density at radius 3 is 2.50 bits per heavy atom. The standard InChI is InChI=1S/C33H47N7O6/c1-33(2,3)46-32(42)39(21-27(41)43-4)18-10-20-44-25-16-14-24(15-17-25)36-31-37-29(35-23-11-6-5-7-12-23)28-30(38-31)40(22-34-28)26-13-8-9-19-45-26/h14-17,22-23,26H,5-13,18-21H2,1-4H3,(H2,35,36,37,38). The van der Waals surface area contributed by atoms with Gasteiger partial charge in [0.15, 0.2) is 17.0 Å². The van der Waals surface area contributed by atoms with Crippen LogP contribution in [-0.2, 0) is 19.0 Å². The van der Waals surface area contributed by atoms with Gasteiger partial charge < -0.3 is 29.6 Å².